The van der Waals surface area contributed by atoms with E-state index in [1.807, 2.05) is 6.07 Å². The van der Waals surface area contributed by atoms with Crippen LogP contribution in [0, 0.1) is 5.41 Å². The maximum Gasteiger partial charge on any atom is 0.146 e. The van der Waals surface area contributed by atoms with Crippen LogP contribution < -0.4 is 0 Å². The molecule has 0 amide bonds. The van der Waals surface area contributed by atoms with E-state index in [4.69, 9.17) is 9.47 Å². The fraction of sp³-hybridized carbons (Fsp3) is 0.571. The summed E-state index contributed by atoms with van der Waals surface area (Å²) >= 11 is 0. The summed E-state index contributed by atoms with van der Waals surface area (Å²) in [6, 6.07) is 10.9. The molecule has 0 bridgehead atoms. The normalized spacial score (nSPS) is 21.4. The minimum absolute atomic E-state index is 0.00308. The van der Waals surface area contributed by atoms with Crippen LogP contribution in [0.1, 0.15) is 18.5 Å². The van der Waals surface area contributed by atoms with Crippen molar-refractivity contribution in [2.45, 2.75) is 13.0 Å². The molecule has 0 aromatic heterocycles. The molecule has 1 saturated heterocycles. The highest BCUT2D eigenvalue weighted by Gasteiger charge is 2.39. The van der Waals surface area contributed by atoms with Gasteiger partial charge in [-0.1, -0.05) is 37.3 Å². The highest BCUT2D eigenvalue weighted by atomic mass is 16.7. The summed E-state index contributed by atoms with van der Waals surface area (Å²) in [5.41, 5.74) is 1.32. The van der Waals surface area contributed by atoms with Crippen molar-refractivity contribution in [3.8, 4) is 0 Å². The average Bonchev–Trinajstić information content (AvgIpc) is 2.30. The zero-order valence-electron chi connectivity index (χ0n) is 10.8. The van der Waals surface area contributed by atoms with Gasteiger partial charge in [-0.3, -0.25) is 0 Å². The van der Waals surface area contributed by atoms with E-state index in [0.29, 0.717) is 12.8 Å². The molecule has 94 valence electrons. The Kier molecular flexibility index (Phi) is 3.82. The van der Waals surface area contributed by atoms with Crippen molar-refractivity contribution in [3.63, 3.8) is 0 Å². The van der Waals surface area contributed by atoms with Crippen LogP contribution in [0.2, 0.25) is 0 Å². The van der Waals surface area contributed by atoms with Crippen molar-refractivity contribution in [3.05, 3.63) is 35.9 Å². The second-order valence-corrected chi connectivity index (χ2v) is 5.25. The van der Waals surface area contributed by atoms with E-state index in [1.54, 1.807) is 0 Å². The van der Waals surface area contributed by atoms with Crippen LogP contribution >= 0.6 is 0 Å². The van der Waals surface area contributed by atoms with Crippen LogP contribution in [-0.4, -0.2) is 39.0 Å². The number of benzene rings is 1. The van der Waals surface area contributed by atoms with Crippen LogP contribution in [0.4, 0.5) is 0 Å². The standard InChI is InChI=1S/C14H21NO2/c1-14(9-16-11-17-10-14)13(15(2)3)12-7-5-4-6-8-12/h4-8,13H,9-11H2,1-3H3. The maximum absolute atomic E-state index is 5.49. The van der Waals surface area contributed by atoms with E-state index in [-0.39, 0.29) is 5.41 Å². The van der Waals surface area contributed by atoms with E-state index in [9.17, 15) is 0 Å². The van der Waals surface area contributed by atoms with Gasteiger partial charge in [0, 0.05) is 11.5 Å². The second-order valence-electron chi connectivity index (χ2n) is 5.25. The van der Waals surface area contributed by atoms with Crippen LogP contribution in [0.5, 0.6) is 0 Å². The molecule has 0 radical (unpaired) electrons. The summed E-state index contributed by atoms with van der Waals surface area (Å²) < 4.78 is 11.0. The molecule has 1 atom stereocenters. The van der Waals surface area contributed by atoms with Crippen molar-refractivity contribution in [2.75, 3.05) is 34.1 Å². The minimum Gasteiger partial charge on any atom is -0.355 e. The number of nitrogens with zero attached hydrogens (tertiary/aromatic N) is 1. The van der Waals surface area contributed by atoms with Crippen LogP contribution in [0.25, 0.3) is 0 Å². The molecule has 2 rings (SSSR count). The topological polar surface area (TPSA) is 21.7 Å². The summed E-state index contributed by atoms with van der Waals surface area (Å²) in [6.45, 7) is 4.13. The van der Waals surface area contributed by atoms with Crippen molar-refractivity contribution >= 4 is 0 Å². The molecule has 0 aliphatic carbocycles. The minimum atomic E-state index is 0.00308. The van der Waals surface area contributed by atoms with E-state index in [1.165, 1.54) is 5.56 Å². The summed E-state index contributed by atoms with van der Waals surface area (Å²) in [6.07, 6.45) is 0. The number of rotatable bonds is 3. The monoisotopic (exact) mass is 235 g/mol. The number of ether oxygens (including phenoxy) is 2. The Labute approximate surface area is 103 Å². The van der Waals surface area contributed by atoms with E-state index < -0.39 is 0 Å². The van der Waals surface area contributed by atoms with Crippen molar-refractivity contribution in [1.82, 2.24) is 4.90 Å². The van der Waals surface area contributed by atoms with Gasteiger partial charge in [0.2, 0.25) is 0 Å². The Morgan fingerprint density at radius 1 is 1.12 bits per heavy atom. The van der Waals surface area contributed by atoms with Gasteiger partial charge < -0.3 is 14.4 Å². The lowest BCUT2D eigenvalue weighted by Gasteiger charge is -2.43. The molecule has 1 aromatic rings. The van der Waals surface area contributed by atoms with Crippen molar-refractivity contribution in [2.24, 2.45) is 5.41 Å². The summed E-state index contributed by atoms with van der Waals surface area (Å²) in [7, 11) is 4.22. The molecular formula is C14H21NO2. The predicted octanol–water partition coefficient (Wildman–Crippen LogP) is 2.30. The molecule has 1 unspecified atom stereocenters. The van der Waals surface area contributed by atoms with Gasteiger partial charge in [-0.2, -0.15) is 0 Å². The summed E-state index contributed by atoms with van der Waals surface area (Å²) in [5.74, 6) is 0. The first-order valence-electron chi connectivity index (χ1n) is 6.00. The lowest BCUT2D eigenvalue weighted by molar-refractivity contribution is -0.177. The Hall–Kier alpha value is -0.900. The largest absolute Gasteiger partial charge is 0.355 e. The Morgan fingerprint density at radius 3 is 2.24 bits per heavy atom. The summed E-state index contributed by atoms with van der Waals surface area (Å²) in [5, 5.41) is 0. The molecule has 1 aromatic carbocycles. The van der Waals surface area contributed by atoms with Gasteiger partial charge >= 0.3 is 0 Å². The average molecular weight is 235 g/mol. The smallest absolute Gasteiger partial charge is 0.146 e. The fourth-order valence-electron chi connectivity index (χ4n) is 2.77. The third kappa shape index (κ3) is 2.68. The lowest BCUT2D eigenvalue weighted by Crippen LogP contribution is -2.45. The molecule has 1 aliphatic rings. The molecule has 3 heteroatoms. The molecule has 3 nitrogen and oxygen atoms in total. The van der Waals surface area contributed by atoms with Crippen LogP contribution in [0.3, 0.4) is 0 Å². The molecule has 0 spiro atoms. The van der Waals surface area contributed by atoms with E-state index in [2.05, 4.69) is 50.2 Å². The lowest BCUT2D eigenvalue weighted by atomic mass is 9.79. The quantitative estimate of drug-likeness (QED) is 0.802. The first-order chi connectivity index (χ1) is 8.13. The van der Waals surface area contributed by atoms with Crippen LogP contribution in [-0.2, 0) is 9.47 Å². The molecule has 0 N–H and O–H groups in total. The first-order valence-corrected chi connectivity index (χ1v) is 6.00. The maximum atomic E-state index is 5.49. The van der Waals surface area contributed by atoms with Gasteiger partial charge in [0.05, 0.1) is 13.2 Å². The van der Waals surface area contributed by atoms with Gasteiger partial charge in [0.1, 0.15) is 6.79 Å². The predicted molar refractivity (Wildman–Crippen MR) is 67.7 cm³/mol. The Morgan fingerprint density at radius 2 is 1.71 bits per heavy atom. The Bertz CT molecular complexity index is 344. The first kappa shape index (κ1) is 12.6. The molecule has 1 fully saturated rings. The second kappa shape index (κ2) is 5.17. The molecule has 17 heavy (non-hydrogen) atoms. The van der Waals surface area contributed by atoms with Gasteiger partial charge in [-0.05, 0) is 19.7 Å². The molecule has 0 saturated carbocycles. The number of hydrogen-bond acceptors (Lipinski definition) is 3. The zero-order valence-corrected chi connectivity index (χ0v) is 10.8. The van der Waals surface area contributed by atoms with Gasteiger partial charge in [0.25, 0.3) is 0 Å². The highest BCUT2D eigenvalue weighted by molar-refractivity contribution is 5.21. The third-order valence-corrected chi connectivity index (χ3v) is 3.32. The van der Waals surface area contributed by atoms with Gasteiger partial charge in [-0.25, -0.2) is 0 Å². The number of hydrogen-bond donors (Lipinski definition) is 0. The Balaban J connectivity index is 2.28. The van der Waals surface area contributed by atoms with Gasteiger partial charge in [0.15, 0.2) is 0 Å². The van der Waals surface area contributed by atoms with E-state index in [0.717, 1.165) is 13.2 Å². The zero-order chi connectivity index (χ0) is 12.3. The van der Waals surface area contributed by atoms with Crippen molar-refractivity contribution < 1.29 is 9.47 Å². The van der Waals surface area contributed by atoms with E-state index >= 15 is 0 Å². The van der Waals surface area contributed by atoms with Crippen molar-refractivity contribution in [1.29, 1.82) is 0 Å². The van der Waals surface area contributed by atoms with Crippen LogP contribution in [0.15, 0.2) is 30.3 Å². The fourth-order valence-corrected chi connectivity index (χ4v) is 2.77. The summed E-state index contributed by atoms with van der Waals surface area (Å²) in [4.78, 5) is 2.24. The molecule has 1 aliphatic heterocycles. The highest BCUT2D eigenvalue weighted by Crippen LogP contribution is 2.39. The SMILES string of the molecule is CN(C)C(c1ccccc1)C1(C)COCOC1. The third-order valence-electron chi connectivity index (χ3n) is 3.32. The molecular weight excluding hydrogens is 214 g/mol. The molecule has 1 heterocycles. The van der Waals surface area contributed by atoms with Gasteiger partial charge in [-0.15, -0.1) is 0 Å².